The van der Waals surface area contributed by atoms with E-state index in [4.69, 9.17) is 0 Å². The lowest BCUT2D eigenvalue weighted by atomic mass is 10.1. The number of nitrogens with one attached hydrogen (secondary N) is 1. The Morgan fingerprint density at radius 2 is 1.96 bits per heavy atom. The van der Waals surface area contributed by atoms with Crippen molar-refractivity contribution in [3.63, 3.8) is 0 Å². The largest absolute Gasteiger partial charge is 0.340 e. The topological polar surface area (TPSA) is 93.0 Å². The molecule has 1 aromatic carbocycles. The van der Waals surface area contributed by atoms with E-state index in [9.17, 15) is 12.8 Å². The number of aromatic nitrogens is 4. The molecule has 1 aliphatic rings. The number of tetrazole rings is 1. The Morgan fingerprint density at radius 1 is 1.26 bits per heavy atom. The van der Waals surface area contributed by atoms with Crippen molar-refractivity contribution < 1.29 is 12.8 Å². The van der Waals surface area contributed by atoms with Gasteiger partial charge >= 0.3 is 0 Å². The highest BCUT2D eigenvalue weighted by atomic mass is 32.2. The monoisotopic (exact) mass is 340 g/mol. The van der Waals surface area contributed by atoms with E-state index in [0.717, 1.165) is 6.07 Å². The van der Waals surface area contributed by atoms with Crippen molar-refractivity contribution in [2.45, 2.75) is 23.8 Å². The van der Waals surface area contributed by atoms with Crippen LogP contribution in [0.1, 0.15) is 12.8 Å². The first kappa shape index (κ1) is 15.8. The third-order valence-corrected chi connectivity index (χ3v) is 5.38. The molecule has 0 spiro atoms. The zero-order valence-corrected chi connectivity index (χ0v) is 13.4. The van der Waals surface area contributed by atoms with Gasteiger partial charge in [-0.2, -0.15) is 0 Å². The van der Waals surface area contributed by atoms with E-state index in [-0.39, 0.29) is 10.9 Å². The van der Waals surface area contributed by atoms with Gasteiger partial charge in [-0.15, -0.1) is 0 Å². The smallest absolute Gasteiger partial charge is 0.245 e. The van der Waals surface area contributed by atoms with Gasteiger partial charge in [-0.25, -0.2) is 22.2 Å². The van der Waals surface area contributed by atoms with Crippen LogP contribution in [0.4, 0.5) is 10.3 Å². The van der Waals surface area contributed by atoms with Crippen LogP contribution in [0.5, 0.6) is 0 Å². The number of benzene rings is 1. The van der Waals surface area contributed by atoms with Crippen LogP contribution in [0.3, 0.4) is 0 Å². The Morgan fingerprint density at radius 3 is 2.57 bits per heavy atom. The molecule has 2 heterocycles. The van der Waals surface area contributed by atoms with E-state index in [2.05, 4.69) is 20.2 Å². The average molecular weight is 340 g/mol. The first-order chi connectivity index (χ1) is 11.0. The molecule has 0 aliphatic carbocycles. The van der Waals surface area contributed by atoms with Gasteiger partial charge in [-0.05, 0) is 35.4 Å². The third-order valence-electron chi connectivity index (χ3n) is 3.82. The van der Waals surface area contributed by atoms with Crippen LogP contribution in [0, 0.1) is 5.82 Å². The maximum absolute atomic E-state index is 13.7. The second-order valence-electron chi connectivity index (χ2n) is 5.42. The van der Waals surface area contributed by atoms with Gasteiger partial charge in [0.25, 0.3) is 0 Å². The fourth-order valence-electron chi connectivity index (χ4n) is 2.64. The van der Waals surface area contributed by atoms with Gasteiger partial charge < -0.3 is 4.90 Å². The molecule has 8 nitrogen and oxygen atoms in total. The summed E-state index contributed by atoms with van der Waals surface area (Å²) in [5.74, 6) is -0.0944. The average Bonchev–Trinajstić information content (AvgIpc) is 2.94. The quantitative estimate of drug-likeness (QED) is 0.860. The normalized spacial score (nSPS) is 16.7. The SMILES string of the molecule is Cn1nnnc1N1CCC(NS(=O)(=O)c2ccccc2F)CC1. The molecule has 0 unspecified atom stereocenters. The first-order valence-electron chi connectivity index (χ1n) is 7.21. The zero-order chi connectivity index (χ0) is 16.4. The van der Waals surface area contributed by atoms with Crippen LogP contribution < -0.4 is 9.62 Å². The van der Waals surface area contributed by atoms with Crippen LogP contribution in [0.2, 0.25) is 0 Å². The van der Waals surface area contributed by atoms with Gasteiger partial charge in [-0.1, -0.05) is 17.2 Å². The molecule has 0 saturated carbocycles. The van der Waals surface area contributed by atoms with Crippen LogP contribution in [0.15, 0.2) is 29.2 Å². The summed E-state index contributed by atoms with van der Waals surface area (Å²) in [7, 11) is -2.11. The lowest BCUT2D eigenvalue weighted by molar-refractivity contribution is 0.451. The minimum Gasteiger partial charge on any atom is -0.340 e. The molecule has 1 aliphatic heterocycles. The molecule has 0 amide bonds. The van der Waals surface area contributed by atoms with Crippen LogP contribution in [-0.2, 0) is 17.1 Å². The van der Waals surface area contributed by atoms with Gasteiger partial charge in [0.2, 0.25) is 16.0 Å². The number of aryl methyl sites for hydroxylation is 1. The summed E-state index contributed by atoms with van der Waals surface area (Å²) in [5.41, 5.74) is 0. The molecule has 1 N–H and O–H groups in total. The Kier molecular flexibility index (Phi) is 4.26. The van der Waals surface area contributed by atoms with Crippen LogP contribution >= 0.6 is 0 Å². The Labute approximate surface area is 133 Å². The van der Waals surface area contributed by atoms with Crippen molar-refractivity contribution in [2.24, 2.45) is 7.05 Å². The Bertz CT molecular complexity index is 785. The number of hydrogen-bond acceptors (Lipinski definition) is 6. The maximum atomic E-state index is 13.7. The maximum Gasteiger partial charge on any atom is 0.245 e. The van der Waals surface area contributed by atoms with E-state index < -0.39 is 15.8 Å². The summed E-state index contributed by atoms with van der Waals surface area (Å²) in [6.07, 6.45) is 1.20. The van der Waals surface area contributed by atoms with Crippen LogP contribution in [-0.4, -0.2) is 47.8 Å². The minimum absolute atomic E-state index is 0.239. The fourth-order valence-corrected chi connectivity index (χ4v) is 4.02. The summed E-state index contributed by atoms with van der Waals surface area (Å²) in [5, 5.41) is 11.3. The zero-order valence-electron chi connectivity index (χ0n) is 12.6. The fraction of sp³-hybridized carbons (Fsp3) is 0.462. The lowest BCUT2D eigenvalue weighted by Gasteiger charge is -2.32. The number of nitrogens with zero attached hydrogens (tertiary/aromatic N) is 5. The van der Waals surface area contributed by atoms with E-state index in [1.54, 1.807) is 11.7 Å². The number of hydrogen-bond donors (Lipinski definition) is 1. The van der Waals surface area contributed by atoms with Crippen molar-refractivity contribution in [1.29, 1.82) is 0 Å². The highest BCUT2D eigenvalue weighted by molar-refractivity contribution is 7.89. The predicted molar refractivity (Wildman–Crippen MR) is 80.8 cm³/mol. The van der Waals surface area contributed by atoms with Crippen molar-refractivity contribution in [1.82, 2.24) is 24.9 Å². The third kappa shape index (κ3) is 3.32. The number of anilines is 1. The molecule has 0 atom stereocenters. The molecular formula is C13H17FN6O2S. The molecule has 1 aromatic heterocycles. The van der Waals surface area contributed by atoms with Gasteiger partial charge in [0.1, 0.15) is 10.7 Å². The molecule has 3 rings (SSSR count). The number of rotatable bonds is 4. The Hall–Kier alpha value is -2.07. The van der Waals surface area contributed by atoms with Gasteiger partial charge in [0.15, 0.2) is 0 Å². The highest BCUT2D eigenvalue weighted by Crippen LogP contribution is 2.19. The van der Waals surface area contributed by atoms with Gasteiger partial charge in [-0.3, -0.25) is 0 Å². The summed E-state index contributed by atoms with van der Waals surface area (Å²) in [6.45, 7) is 1.25. The van der Waals surface area contributed by atoms with Crippen molar-refractivity contribution in [3.8, 4) is 0 Å². The molecule has 23 heavy (non-hydrogen) atoms. The van der Waals surface area contributed by atoms with E-state index in [0.29, 0.717) is 31.9 Å². The van der Waals surface area contributed by atoms with Crippen molar-refractivity contribution >= 4 is 16.0 Å². The number of halogens is 1. The standard InChI is InChI=1S/C13H17FN6O2S/c1-19-13(15-17-18-19)20-8-6-10(7-9-20)16-23(21,22)12-5-3-2-4-11(12)14/h2-5,10,16H,6-9H2,1H3. The summed E-state index contributed by atoms with van der Waals surface area (Å²) < 4.78 is 42.4. The molecule has 2 aromatic rings. The molecule has 1 fully saturated rings. The lowest BCUT2D eigenvalue weighted by Crippen LogP contribution is -2.45. The summed E-state index contributed by atoms with van der Waals surface area (Å²) in [4.78, 5) is 1.67. The van der Waals surface area contributed by atoms with E-state index >= 15 is 0 Å². The molecule has 124 valence electrons. The highest BCUT2D eigenvalue weighted by Gasteiger charge is 2.27. The van der Waals surface area contributed by atoms with Crippen LogP contribution in [0.25, 0.3) is 0 Å². The predicted octanol–water partition coefficient (Wildman–Crippen LogP) is 0.296. The van der Waals surface area contributed by atoms with E-state index in [1.807, 2.05) is 4.90 Å². The molecular weight excluding hydrogens is 323 g/mol. The van der Waals surface area contributed by atoms with Crippen molar-refractivity contribution in [2.75, 3.05) is 18.0 Å². The van der Waals surface area contributed by atoms with Crippen molar-refractivity contribution in [3.05, 3.63) is 30.1 Å². The number of sulfonamides is 1. The summed E-state index contributed by atoms with van der Waals surface area (Å²) >= 11 is 0. The first-order valence-corrected chi connectivity index (χ1v) is 8.70. The van der Waals surface area contributed by atoms with E-state index in [1.165, 1.54) is 18.2 Å². The molecule has 10 heteroatoms. The molecule has 0 bridgehead atoms. The second kappa shape index (κ2) is 6.20. The van der Waals surface area contributed by atoms with Gasteiger partial charge in [0.05, 0.1) is 0 Å². The number of piperidine rings is 1. The second-order valence-corrected chi connectivity index (χ2v) is 7.10. The van der Waals surface area contributed by atoms with Gasteiger partial charge in [0, 0.05) is 26.2 Å². The molecule has 1 saturated heterocycles. The minimum atomic E-state index is -3.86. The molecule has 0 radical (unpaired) electrons. The summed E-state index contributed by atoms with van der Waals surface area (Å²) in [6, 6.07) is 5.12. The Balaban J connectivity index is 1.65.